The van der Waals surface area contributed by atoms with Gasteiger partial charge in [-0.3, -0.25) is 0 Å². The van der Waals surface area contributed by atoms with E-state index in [1.54, 1.807) is 6.20 Å². The third-order valence-electron chi connectivity index (χ3n) is 2.53. The summed E-state index contributed by atoms with van der Waals surface area (Å²) in [4.78, 5) is 4.18. The largest absolute Gasteiger partial charge is 0.491 e. The maximum Gasteiger partial charge on any atom is 0.127 e. The summed E-state index contributed by atoms with van der Waals surface area (Å²) < 4.78 is 5.61. The Bertz CT molecular complexity index is 523. The lowest BCUT2D eigenvalue weighted by molar-refractivity contribution is 0.242. The van der Waals surface area contributed by atoms with Crippen LogP contribution in [-0.4, -0.2) is 18.1 Å². The molecule has 0 aliphatic carbocycles. The van der Waals surface area contributed by atoms with E-state index in [4.69, 9.17) is 4.74 Å². The van der Waals surface area contributed by atoms with Gasteiger partial charge in [-0.1, -0.05) is 0 Å². The van der Waals surface area contributed by atoms with Crippen LogP contribution < -0.4 is 15.4 Å². The van der Waals surface area contributed by atoms with Gasteiger partial charge in [0.1, 0.15) is 11.6 Å². The second-order valence-electron chi connectivity index (χ2n) is 4.50. The second kappa shape index (κ2) is 6.09. The first-order valence-corrected chi connectivity index (χ1v) is 6.35. The molecule has 100 valence electrons. The smallest absolute Gasteiger partial charge is 0.127 e. The van der Waals surface area contributed by atoms with E-state index >= 15 is 0 Å². The molecule has 1 heterocycles. The van der Waals surface area contributed by atoms with Crippen molar-refractivity contribution in [3.63, 3.8) is 0 Å². The molecule has 4 heteroatoms. The molecule has 0 saturated carbocycles. The molecule has 4 nitrogen and oxygen atoms in total. The van der Waals surface area contributed by atoms with E-state index in [1.807, 2.05) is 57.3 Å². The highest BCUT2D eigenvalue weighted by Gasteiger charge is 1.99. The van der Waals surface area contributed by atoms with Crippen molar-refractivity contribution in [2.45, 2.75) is 20.0 Å². The second-order valence-corrected chi connectivity index (χ2v) is 4.50. The van der Waals surface area contributed by atoms with Gasteiger partial charge in [0.05, 0.1) is 6.10 Å². The summed E-state index contributed by atoms with van der Waals surface area (Å²) in [5.74, 6) is 1.72. The molecule has 0 saturated heterocycles. The maximum absolute atomic E-state index is 5.61. The van der Waals surface area contributed by atoms with Gasteiger partial charge in [0, 0.05) is 30.7 Å². The van der Waals surface area contributed by atoms with Gasteiger partial charge >= 0.3 is 0 Å². The van der Waals surface area contributed by atoms with Gasteiger partial charge in [0.2, 0.25) is 0 Å². The van der Waals surface area contributed by atoms with Crippen molar-refractivity contribution in [3.8, 4) is 5.75 Å². The molecular weight excluding hydrogens is 238 g/mol. The minimum atomic E-state index is 0.192. The zero-order chi connectivity index (χ0) is 13.7. The van der Waals surface area contributed by atoms with Crippen LogP contribution in [0, 0.1) is 0 Å². The Morgan fingerprint density at radius 1 is 1.05 bits per heavy atom. The Morgan fingerprint density at radius 3 is 2.42 bits per heavy atom. The predicted octanol–water partition coefficient (Wildman–Crippen LogP) is 3.65. The summed E-state index contributed by atoms with van der Waals surface area (Å²) in [6.45, 7) is 4.03. The van der Waals surface area contributed by atoms with Gasteiger partial charge < -0.3 is 15.4 Å². The van der Waals surface area contributed by atoms with Gasteiger partial charge in [-0.25, -0.2) is 4.98 Å². The van der Waals surface area contributed by atoms with Crippen molar-refractivity contribution in [2.24, 2.45) is 0 Å². The van der Waals surface area contributed by atoms with Gasteiger partial charge in [0.25, 0.3) is 0 Å². The monoisotopic (exact) mass is 257 g/mol. The normalized spacial score (nSPS) is 10.3. The van der Waals surface area contributed by atoms with Crippen LogP contribution in [0.15, 0.2) is 42.6 Å². The molecule has 2 rings (SSSR count). The molecule has 0 radical (unpaired) electrons. The van der Waals surface area contributed by atoms with E-state index in [-0.39, 0.29) is 6.10 Å². The lowest BCUT2D eigenvalue weighted by Gasteiger charge is -2.11. The summed E-state index contributed by atoms with van der Waals surface area (Å²) in [6.07, 6.45) is 1.96. The van der Waals surface area contributed by atoms with Gasteiger partial charge in [-0.2, -0.15) is 0 Å². The van der Waals surface area contributed by atoms with E-state index in [0.717, 1.165) is 22.9 Å². The molecular formula is C15H19N3O. The van der Waals surface area contributed by atoms with Crippen molar-refractivity contribution in [1.29, 1.82) is 0 Å². The molecule has 0 amide bonds. The number of pyridine rings is 1. The summed E-state index contributed by atoms with van der Waals surface area (Å²) in [7, 11) is 1.85. The lowest BCUT2D eigenvalue weighted by atomic mass is 10.3. The molecule has 0 spiro atoms. The minimum absolute atomic E-state index is 0.192. The number of hydrogen-bond acceptors (Lipinski definition) is 4. The van der Waals surface area contributed by atoms with Crippen LogP contribution >= 0.6 is 0 Å². The molecule has 0 aliphatic heterocycles. The van der Waals surface area contributed by atoms with Crippen molar-refractivity contribution in [2.75, 3.05) is 17.7 Å². The molecule has 0 fully saturated rings. The first-order valence-electron chi connectivity index (χ1n) is 6.35. The maximum atomic E-state index is 5.61. The van der Waals surface area contributed by atoms with Crippen molar-refractivity contribution in [3.05, 3.63) is 42.6 Å². The van der Waals surface area contributed by atoms with Crippen LogP contribution in [0.1, 0.15) is 13.8 Å². The van der Waals surface area contributed by atoms with Gasteiger partial charge in [0.15, 0.2) is 0 Å². The van der Waals surface area contributed by atoms with Crippen LogP contribution in [0.4, 0.5) is 17.2 Å². The highest BCUT2D eigenvalue weighted by atomic mass is 16.5. The summed E-state index contributed by atoms with van der Waals surface area (Å²) in [5.41, 5.74) is 2.02. The summed E-state index contributed by atoms with van der Waals surface area (Å²) >= 11 is 0. The van der Waals surface area contributed by atoms with Crippen LogP contribution in [0.5, 0.6) is 5.75 Å². The SMILES string of the molecule is CNc1cc(Nc2ccc(OC(C)C)cc2)ccn1. The zero-order valence-corrected chi connectivity index (χ0v) is 11.5. The summed E-state index contributed by atoms with van der Waals surface area (Å²) in [6, 6.07) is 11.8. The average Bonchev–Trinajstić information content (AvgIpc) is 2.41. The molecule has 0 atom stereocenters. The first-order chi connectivity index (χ1) is 9.17. The Kier molecular flexibility index (Phi) is 4.23. The number of benzene rings is 1. The number of aromatic nitrogens is 1. The van der Waals surface area contributed by atoms with E-state index in [2.05, 4.69) is 15.6 Å². The van der Waals surface area contributed by atoms with Crippen molar-refractivity contribution >= 4 is 17.2 Å². The number of rotatable bonds is 5. The highest BCUT2D eigenvalue weighted by molar-refractivity contribution is 5.62. The summed E-state index contributed by atoms with van der Waals surface area (Å²) in [5, 5.41) is 6.34. The quantitative estimate of drug-likeness (QED) is 0.858. The standard InChI is InChI=1S/C15H19N3O/c1-11(2)19-14-6-4-12(5-7-14)18-13-8-9-17-15(10-13)16-3/h4-11H,1-3H3,(H2,16,17,18). The Labute approximate surface area is 113 Å². The van der Waals surface area contributed by atoms with E-state index in [1.165, 1.54) is 0 Å². The molecule has 19 heavy (non-hydrogen) atoms. The molecule has 0 bridgehead atoms. The van der Waals surface area contributed by atoms with Crippen LogP contribution in [0.2, 0.25) is 0 Å². The fraction of sp³-hybridized carbons (Fsp3) is 0.267. The van der Waals surface area contributed by atoms with Gasteiger partial charge in [-0.05, 0) is 44.2 Å². The number of ether oxygens (including phenoxy) is 1. The molecule has 2 N–H and O–H groups in total. The van der Waals surface area contributed by atoms with E-state index in [9.17, 15) is 0 Å². The van der Waals surface area contributed by atoms with E-state index in [0.29, 0.717) is 0 Å². The number of nitrogens with one attached hydrogen (secondary N) is 2. The number of anilines is 3. The fourth-order valence-corrected chi connectivity index (χ4v) is 1.70. The Morgan fingerprint density at radius 2 is 1.79 bits per heavy atom. The van der Waals surface area contributed by atoms with E-state index < -0.39 is 0 Å². The topological polar surface area (TPSA) is 46.2 Å². The number of hydrogen-bond donors (Lipinski definition) is 2. The minimum Gasteiger partial charge on any atom is -0.491 e. The van der Waals surface area contributed by atoms with Crippen LogP contribution in [0.3, 0.4) is 0 Å². The molecule has 1 aromatic carbocycles. The van der Waals surface area contributed by atoms with Crippen molar-refractivity contribution < 1.29 is 4.74 Å². The molecule has 2 aromatic rings. The predicted molar refractivity (Wildman–Crippen MR) is 79.3 cm³/mol. The average molecular weight is 257 g/mol. The fourth-order valence-electron chi connectivity index (χ4n) is 1.70. The molecule has 1 aromatic heterocycles. The lowest BCUT2D eigenvalue weighted by Crippen LogP contribution is -2.05. The van der Waals surface area contributed by atoms with Gasteiger partial charge in [-0.15, -0.1) is 0 Å². The zero-order valence-electron chi connectivity index (χ0n) is 11.5. The third kappa shape index (κ3) is 3.88. The third-order valence-corrected chi connectivity index (χ3v) is 2.53. The van der Waals surface area contributed by atoms with Crippen molar-refractivity contribution in [1.82, 2.24) is 4.98 Å². The van der Waals surface area contributed by atoms with Crippen LogP contribution in [0.25, 0.3) is 0 Å². The highest BCUT2D eigenvalue weighted by Crippen LogP contribution is 2.21. The van der Waals surface area contributed by atoms with Crippen LogP contribution in [-0.2, 0) is 0 Å². The number of nitrogens with zero attached hydrogens (tertiary/aromatic N) is 1. The molecule has 0 aliphatic rings. The first kappa shape index (κ1) is 13.2. The Hall–Kier alpha value is -2.23. The molecule has 0 unspecified atom stereocenters. The Balaban J connectivity index is 2.06.